The van der Waals surface area contributed by atoms with Crippen molar-refractivity contribution in [2.45, 2.75) is 37.6 Å². The predicted molar refractivity (Wildman–Crippen MR) is 81.0 cm³/mol. The highest BCUT2D eigenvalue weighted by Gasteiger charge is 2.51. The monoisotopic (exact) mass is 355 g/mol. The third kappa shape index (κ3) is 3.06. The predicted octanol–water partition coefficient (Wildman–Crippen LogP) is 2.30. The molecule has 1 heterocycles. The Morgan fingerprint density at radius 2 is 1.80 bits per heavy atom. The van der Waals surface area contributed by atoms with E-state index in [-0.39, 0.29) is 0 Å². The van der Waals surface area contributed by atoms with E-state index in [1.165, 1.54) is 0 Å². The van der Waals surface area contributed by atoms with Crippen LogP contribution in [0.15, 0.2) is 12.1 Å². The number of hydrogen-bond donors (Lipinski definition) is 2. The van der Waals surface area contributed by atoms with Crippen LogP contribution in [0.3, 0.4) is 0 Å². The summed E-state index contributed by atoms with van der Waals surface area (Å²) in [6.45, 7) is -0.634. The molecule has 25 heavy (non-hydrogen) atoms. The van der Waals surface area contributed by atoms with E-state index in [2.05, 4.69) is 5.32 Å². The van der Waals surface area contributed by atoms with E-state index in [0.717, 1.165) is 30.2 Å². The molecule has 1 aromatic carbocycles. The van der Waals surface area contributed by atoms with Crippen LogP contribution in [0.5, 0.6) is 0 Å². The van der Waals surface area contributed by atoms with Crippen LogP contribution in [0.4, 0.5) is 23.7 Å². The van der Waals surface area contributed by atoms with Crippen LogP contribution in [-0.2, 0) is 9.59 Å². The molecular weight excluding hydrogens is 339 g/mol. The number of nitrogens with one attached hydrogen (secondary N) is 2. The van der Waals surface area contributed by atoms with Gasteiger partial charge in [0.1, 0.15) is 12.1 Å². The molecule has 9 heteroatoms. The molecule has 3 rings (SSSR count). The minimum absolute atomic E-state index is 0.488. The smallest absolute Gasteiger partial charge is 0.323 e. The van der Waals surface area contributed by atoms with Gasteiger partial charge in [0.2, 0.25) is 5.91 Å². The van der Waals surface area contributed by atoms with Gasteiger partial charge in [-0.25, -0.2) is 18.0 Å². The average molecular weight is 355 g/mol. The van der Waals surface area contributed by atoms with Crippen LogP contribution >= 0.6 is 0 Å². The lowest BCUT2D eigenvalue weighted by Gasteiger charge is -2.30. The Kier molecular flexibility index (Phi) is 4.40. The minimum Gasteiger partial charge on any atom is -0.323 e. The van der Waals surface area contributed by atoms with Gasteiger partial charge in [0.25, 0.3) is 5.91 Å². The molecule has 0 radical (unpaired) electrons. The highest BCUT2D eigenvalue weighted by atomic mass is 19.2. The van der Waals surface area contributed by atoms with Gasteiger partial charge in [-0.2, -0.15) is 0 Å². The van der Waals surface area contributed by atoms with Gasteiger partial charge in [0, 0.05) is 0 Å². The number of urea groups is 1. The molecule has 0 atom stereocenters. The van der Waals surface area contributed by atoms with Crippen LogP contribution < -0.4 is 10.6 Å². The quantitative estimate of drug-likeness (QED) is 0.645. The highest BCUT2D eigenvalue weighted by Crippen LogP contribution is 2.33. The zero-order chi connectivity index (χ0) is 18.2. The van der Waals surface area contributed by atoms with Gasteiger partial charge < -0.3 is 10.6 Å². The zero-order valence-electron chi connectivity index (χ0n) is 13.2. The standard InChI is InChI=1S/C16H16F3N3O3/c17-9-4-5-10(13(19)12(9)18)20-11(23)8-22-14(24)16(21-15(22)25)6-2-1-3-7-16/h4-5H,1-3,6-8H2,(H,20,23)(H,21,25). The summed E-state index contributed by atoms with van der Waals surface area (Å²) >= 11 is 0. The molecule has 134 valence electrons. The summed E-state index contributed by atoms with van der Waals surface area (Å²) < 4.78 is 39.7. The van der Waals surface area contributed by atoms with Gasteiger partial charge in [0.15, 0.2) is 17.5 Å². The van der Waals surface area contributed by atoms with Gasteiger partial charge in [-0.05, 0) is 25.0 Å². The van der Waals surface area contributed by atoms with Crippen molar-refractivity contribution in [1.82, 2.24) is 10.2 Å². The second-order valence-electron chi connectivity index (χ2n) is 6.24. The molecule has 1 aliphatic carbocycles. The molecule has 1 saturated heterocycles. The first-order valence-electron chi connectivity index (χ1n) is 7.91. The van der Waals surface area contributed by atoms with E-state index in [1.54, 1.807) is 0 Å². The van der Waals surface area contributed by atoms with Crippen molar-refractivity contribution in [3.05, 3.63) is 29.6 Å². The number of carbonyl (C=O) groups excluding carboxylic acids is 3. The normalized spacial score (nSPS) is 19.2. The largest absolute Gasteiger partial charge is 0.325 e. The molecule has 2 fully saturated rings. The Morgan fingerprint density at radius 3 is 2.48 bits per heavy atom. The topological polar surface area (TPSA) is 78.5 Å². The third-order valence-corrected chi connectivity index (χ3v) is 4.56. The second kappa shape index (κ2) is 6.38. The lowest BCUT2D eigenvalue weighted by atomic mass is 9.82. The average Bonchev–Trinajstić information content (AvgIpc) is 2.80. The summed E-state index contributed by atoms with van der Waals surface area (Å²) in [5, 5.41) is 4.68. The van der Waals surface area contributed by atoms with Crippen molar-refractivity contribution in [3.8, 4) is 0 Å². The van der Waals surface area contributed by atoms with E-state index < -0.39 is 53.1 Å². The van der Waals surface area contributed by atoms with E-state index >= 15 is 0 Å². The molecule has 2 N–H and O–H groups in total. The van der Waals surface area contributed by atoms with Crippen LogP contribution in [-0.4, -0.2) is 34.8 Å². The van der Waals surface area contributed by atoms with Crippen molar-refractivity contribution in [3.63, 3.8) is 0 Å². The van der Waals surface area contributed by atoms with Gasteiger partial charge >= 0.3 is 6.03 Å². The molecule has 0 aromatic heterocycles. The molecule has 4 amide bonds. The van der Waals surface area contributed by atoms with Gasteiger partial charge in [-0.15, -0.1) is 0 Å². The molecule has 0 unspecified atom stereocenters. The fourth-order valence-corrected chi connectivity index (χ4v) is 3.27. The lowest BCUT2D eigenvalue weighted by Crippen LogP contribution is -2.48. The minimum atomic E-state index is -1.71. The number of nitrogens with zero attached hydrogens (tertiary/aromatic N) is 1. The summed E-state index contributed by atoms with van der Waals surface area (Å²) in [5.74, 6) is -6.02. The van der Waals surface area contributed by atoms with E-state index in [1.807, 2.05) is 5.32 Å². The van der Waals surface area contributed by atoms with Crippen molar-refractivity contribution >= 4 is 23.5 Å². The number of amides is 4. The van der Waals surface area contributed by atoms with Gasteiger partial charge in [0.05, 0.1) is 5.69 Å². The molecule has 1 aliphatic heterocycles. The Hall–Kier alpha value is -2.58. The highest BCUT2D eigenvalue weighted by molar-refractivity contribution is 6.10. The first-order chi connectivity index (χ1) is 11.8. The van der Waals surface area contributed by atoms with Crippen LogP contribution in [0, 0.1) is 17.5 Å². The number of rotatable bonds is 3. The lowest BCUT2D eigenvalue weighted by molar-refractivity contribution is -0.134. The van der Waals surface area contributed by atoms with E-state index in [9.17, 15) is 27.6 Å². The zero-order valence-corrected chi connectivity index (χ0v) is 13.2. The summed E-state index contributed by atoms with van der Waals surface area (Å²) in [5.41, 5.74) is -1.54. The van der Waals surface area contributed by atoms with Crippen molar-refractivity contribution in [2.24, 2.45) is 0 Å². The first kappa shape index (κ1) is 17.2. The van der Waals surface area contributed by atoms with Crippen LogP contribution in [0.1, 0.15) is 32.1 Å². The summed E-state index contributed by atoms with van der Waals surface area (Å²) in [6.07, 6.45) is 3.58. The van der Waals surface area contributed by atoms with Crippen molar-refractivity contribution in [2.75, 3.05) is 11.9 Å². The molecule has 1 aromatic rings. The summed E-state index contributed by atoms with van der Waals surface area (Å²) in [4.78, 5) is 37.3. The Labute approximate surface area is 141 Å². The summed E-state index contributed by atoms with van der Waals surface area (Å²) in [6, 6.07) is 0.839. The van der Waals surface area contributed by atoms with Crippen LogP contribution in [0.25, 0.3) is 0 Å². The van der Waals surface area contributed by atoms with E-state index in [0.29, 0.717) is 18.9 Å². The van der Waals surface area contributed by atoms with Gasteiger partial charge in [-0.1, -0.05) is 19.3 Å². The number of imide groups is 1. The van der Waals surface area contributed by atoms with Crippen molar-refractivity contribution < 1.29 is 27.6 Å². The third-order valence-electron chi connectivity index (χ3n) is 4.56. The molecular formula is C16H16F3N3O3. The first-order valence-corrected chi connectivity index (χ1v) is 7.91. The Bertz CT molecular complexity index is 748. The number of anilines is 1. The van der Waals surface area contributed by atoms with E-state index in [4.69, 9.17) is 0 Å². The number of carbonyl (C=O) groups is 3. The second-order valence-corrected chi connectivity index (χ2v) is 6.24. The van der Waals surface area contributed by atoms with Crippen molar-refractivity contribution in [1.29, 1.82) is 0 Å². The number of benzene rings is 1. The van der Waals surface area contributed by atoms with Gasteiger partial charge in [-0.3, -0.25) is 14.5 Å². The van der Waals surface area contributed by atoms with Crippen LogP contribution in [0.2, 0.25) is 0 Å². The molecule has 1 spiro atoms. The maximum Gasteiger partial charge on any atom is 0.325 e. The number of halogens is 3. The fraction of sp³-hybridized carbons (Fsp3) is 0.438. The maximum absolute atomic E-state index is 13.6. The molecule has 2 aliphatic rings. The number of hydrogen-bond acceptors (Lipinski definition) is 3. The summed E-state index contributed by atoms with van der Waals surface area (Å²) in [7, 11) is 0. The molecule has 0 bridgehead atoms. The fourth-order valence-electron chi connectivity index (χ4n) is 3.27. The molecule has 1 saturated carbocycles. The SMILES string of the molecule is O=C(CN1C(=O)NC2(CCCCC2)C1=O)Nc1ccc(F)c(F)c1F. The molecule has 6 nitrogen and oxygen atoms in total. The Morgan fingerprint density at radius 1 is 1.12 bits per heavy atom. The maximum atomic E-state index is 13.6. The Balaban J connectivity index is 1.70.